The van der Waals surface area contributed by atoms with Gasteiger partial charge in [0.2, 0.25) is 6.43 Å². The first-order chi connectivity index (χ1) is 7.66. The van der Waals surface area contributed by atoms with Crippen molar-refractivity contribution in [3.63, 3.8) is 0 Å². The number of aromatic nitrogens is 1. The molecule has 0 aromatic carbocycles. The van der Waals surface area contributed by atoms with E-state index in [1.807, 2.05) is 11.0 Å². The van der Waals surface area contributed by atoms with Crippen molar-refractivity contribution in [3.05, 3.63) is 23.4 Å². The van der Waals surface area contributed by atoms with Crippen LogP contribution in [0.2, 0.25) is 5.02 Å². The molecule has 1 aliphatic rings. The third-order valence-corrected chi connectivity index (χ3v) is 3.16. The number of piperidine rings is 1. The minimum Gasteiger partial charge on any atom is -0.357 e. The monoisotopic (exact) mass is 246 g/mol. The van der Waals surface area contributed by atoms with Crippen LogP contribution in [-0.2, 0) is 0 Å². The normalized spacial score (nSPS) is 18.1. The maximum atomic E-state index is 12.5. The Morgan fingerprint density at radius 3 is 2.50 bits per heavy atom. The molecule has 0 atom stereocenters. The average Bonchev–Trinajstić information content (AvgIpc) is 2.30. The van der Waals surface area contributed by atoms with Gasteiger partial charge < -0.3 is 4.90 Å². The molecule has 1 aromatic rings. The smallest absolute Gasteiger partial charge is 0.241 e. The zero-order chi connectivity index (χ0) is 11.5. The van der Waals surface area contributed by atoms with Crippen LogP contribution in [-0.4, -0.2) is 24.5 Å². The van der Waals surface area contributed by atoms with Gasteiger partial charge in [-0.2, -0.15) is 0 Å². The van der Waals surface area contributed by atoms with E-state index in [9.17, 15) is 8.78 Å². The molecule has 0 saturated carbocycles. The molecule has 0 amide bonds. The molecular weight excluding hydrogens is 234 g/mol. The highest BCUT2D eigenvalue weighted by Gasteiger charge is 2.26. The highest BCUT2D eigenvalue weighted by Crippen LogP contribution is 2.26. The topological polar surface area (TPSA) is 16.1 Å². The summed E-state index contributed by atoms with van der Waals surface area (Å²) < 4.78 is 24.9. The minimum absolute atomic E-state index is 0.455. The van der Waals surface area contributed by atoms with E-state index in [0.29, 0.717) is 31.0 Å². The SMILES string of the molecule is FC(F)C1CCN(c2ccc(Cl)cn2)CC1. The van der Waals surface area contributed by atoms with Gasteiger partial charge in [-0.25, -0.2) is 13.8 Å². The van der Waals surface area contributed by atoms with Crippen LogP contribution in [0.4, 0.5) is 14.6 Å². The fourth-order valence-electron chi connectivity index (χ4n) is 1.94. The van der Waals surface area contributed by atoms with E-state index in [1.165, 1.54) is 0 Å². The zero-order valence-electron chi connectivity index (χ0n) is 8.74. The van der Waals surface area contributed by atoms with Gasteiger partial charge >= 0.3 is 0 Å². The predicted molar refractivity (Wildman–Crippen MR) is 60.2 cm³/mol. The van der Waals surface area contributed by atoms with Crippen LogP contribution >= 0.6 is 11.6 Å². The highest BCUT2D eigenvalue weighted by molar-refractivity contribution is 6.30. The molecule has 2 nitrogen and oxygen atoms in total. The summed E-state index contributed by atoms with van der Waals surface area (Å²) in [5.74, 6) is 0.362. The molecule has 2 heterocycles. The standard InChI is InChI=1S/C11H13ClF2N2/c12-9-1-2-10(15-7-9)16-5-3-8(4-6-16)11(13)14/h1-2,7-8,11H,3-6H2. The van der Waals surface area contributed by atoms with E-state index >= 15 is 0 Å². The third-order valence-electron chi connectivity index (χ3n) is 2.93. The molecule has 1 aliphatic heterocycles. The van der Waals surface area contributed by atoms with Crippen LogP contribution < -0.4 is 4.90 Å². The molecule has 0 N–H and O–H groups in total. The lowest BCUT2D eigenvalue weighted by Gasteiger charge is -2.32. The largest absolute Gasteiger partial charge is 0.357 e. The Morgan fingerprint density at radius 1 is 1.31 bits per heavy atom. The van der Waals surface area contributed by atoms with Gasteiger partial charge in [-0.15, -0.1) is 0 Å². The van der Waals surface area contributed by atoms with Gasteiger partial charge in [-0.3, -0.25) is 0 Å². The van der Waals surface area contributed by atoms with Crippen molar-refractivity contribution in [1.82, 2.24) is 4.98 Å². The molecule has 1 aromatic heterocycles. The van der Waals surface area contributed by atoms with Crippen LogP contribution in [0.3, 0.4) is 0 Å². The molecule has 88 valence electrons. The lowest BCUT2D eigenvalue weighted by Crippen LogP contribution is -2.36. The molecule has 1 saturated heterocycles. The average molecular weight is 247 g/mol. The molecule has 0 bridgehead atoms. The van der Waals surface area contributed by atoms with Crippen LogP contribution in [0.5, 0.6) is 0 Å². The number of hydrogen-bond donors (Lipinski definition) is 0. The number of halogens is 3. The fraction of sp³-hybridized carbons (Fsp3) is 0.545. The van der Waals surface area contributed by atoms with Crippen LogP contribution in [0, 0.1) is 5.92 Å². The first-order valence-electron chi connectivity index (χ1n) is 5.31. The minimum atomic E-state index is -2.19. The zero-order valence-corrected chi connectivity index (χ0v) is 9.50. The van der Waals surface area contributed by atoms with E-state index in [-0.39, 0.29) is 0 Å². The van der Waals surface area contributed by atoms with Gasteiger partial charge in [0.05, 0.1) is 5.02 Å². The van der Waals surface area contributed by atoms with E-state index in [1.54, 1.807) is 12.3 Å². The van der Waals surface area contributed by atoms with Crippen molar-refractivity contribution in [2.45, 2.75) is 19.3 Å². The van der Waals surface area contributed by atoms with Crippen molar-refractivity contribution in [1.29, 1.82) is 0 Å². The molecule has 0 radical (unpaired) electrons. The van der Waals surface area contributed by atoms with Crippen molar-refractivity contribution >= 4 is 17.4 Å². The van der Waals surface area contributed by atoms with E-state index < -0.39 is 12.3 Å². The molecule has 16 heavy (non-hydrogen) atoms. The predicted octanol–water partition coefficient (Wildman–Crippen LogP) is 3.22. The Morgan fingerprint density at radius 2 is 2.00 bits per heavy atom. The Bertz CT molecular complexity index is 334. The molecule has 0 aliphatic carbocycles. The summed E-state index contributed by atoms with van der Waals surface area (Å²) in [6.45, 7) is 1.28. The summed E-state index contributed by atoms with van der Waals surface area (Å²) in [5, 5.41) is 0.589. The van der Waals surface area contributed by atoms with E-state index in [4.69, 9.17) is 11.6 Å². The number of alkyl halides is 2. The number of pyridine rings is 1. The number of hydrogen-bond acceptors (Lipinski definition) is 2. The summed E-state index contributed by atoms with van der Waals surface area (Å²) in [5.41, 5.74) is 0. The maximum absolute atomic E-state index is 12.5. The van der Waals surface area contributed by atoms with Crippen LogP contribution in [0.15, 0.2) is 18.3 Å². The van der Waals surface area contributed by atoms with Crippen molar-refractivity contribution < 1.29 is 8.78 Å². The second kappa shape index (κ2) is 4.95. The highest BCUT2D eigenvalue weighted by atomic mass is 35.5. The molecule has 5 heteroatoms. The van der Waals surface area contributed by atoms with Gasteiger partial charge in [0.25, 0.3) is 0 Å². The Hall–Kier alpha value is -0.900. The second-order valence-corrected chi connectivity index (χ2v) is 4.43. The Kier molecular flexibility index (Phi) is 3.59. The first kappa shape index (κ1) is 11.6. The van der Waals surface area contributed by atoms with Crippen LogP contribution in [0.1, 0.15) is 12.8 Å². The summed E-state index contributed by atoms with van der Waals surface area (Å²) in [4.78, 5) is 6.20. The summed E-state index contributed by atoms with van der Waals surface area (Å²) in [7, 11) is 0. The van der Waals surface area contributed by atoms with Gasteiger partial charge in [-0.05, 0) is 25.0 Å². The van der Waals surface area contributed by atoms with Crippen LogP contribution in [0.25, 0.3) is 0 Å². The number of anilines is 1. The Labute approximate surface area is 98.2 Å². The number of nitrogens with zero attached hydrogens (tertiary/aromatic N) is 2. The van der Waals surface area contributed by atoms with E-state index in [2.05, 4.69) is 4.98 Å². The fourth-order valence-corrected chi connectivity index (χ4v) is 2.05. The van der Waals surface area contributed by atoms with E-state index in [0.717, 1.165) is 5.82 Å². The van der Waals surface area contributed by atoms with Gasteiger partial charge in [0, 0.05) is 25.2 Å². The molecule has 2 rings (SSSR count). The molecular formula is C11H13ClF2N2. The van der Waals surface area contributed by atoms with Gasteiger partial charge in [-0.1, -0.05) is 11.6 Å². The maximum Gasteiger partial charge on any atom is 0.241 e. The Balaban J connectivity index is 1.96. The van der Waals surface area contributed by atoms with Gasteiger partial charge in [0.1, 0.15) is 5.82 Å². The summed E-state index contributed by atoms with van der Waals surface area (Å²) in [6, 6.07) is 3.59. The first-order valence-corrected chi connectivity index (χ1v) is 5.69. The van der Waals surface area contributed by atoms with Crippen molar-refractivity contribution in [2.24, 2.45) is 5.92 Å². The molecule has 0 unspecified atom stereocenters. The quantitative estimate of drug-likeness (QED) is 0.797. The summed E-state index contributed by atoms with van der Waals surface area (Å²) >= 11 is 5.74. The van der Waals surface area contributed by atoms with Crippen molar-refractivity contribution in [2.75, 3.05) is 18.0 Å². The van der Waals surface area contributed by atoms with Crippen molar-refractivity contribution in [3.8, 4) is 0 Å². The lowest BCUT2D eigenvalue weighted by atomic mass is 9.97. The second-order valence-electron chi connectivity index (χ2n) is 3.99. The molecule has 0 spiro atoms. The summed E-state index contributed by atoms with van der Waals surface area (Å²) in [6.07, 6.45) is 0.445. The third kappa shape index (κ3) is 2.61. The molecule has 1 fully saturated rings. The number of rotatable bonds is 2. The van der Waals surface area contributed by atoms with Gasteiger partial charge in [0.15, 0.2) is 0 Å². The lowest BCUT2D eigenvalue weighted by molar-refractivity contribution is 0.0635.